The van der Waals surface area contributed by atoms with E-state index in [2.05, 4.69) is 5.32 Å². The van der Waals surface area contributed by atoms with E-state index in [1.54, 1.807) is 18.2 Å². The molecule has 0 aliphatic rings. The molecule has 19 heavy (non-hydrogen) atoms. The van der Waals surface area contributed by atoms with E-state index in [4.69, 9.17) is 16.7 Å². The van der Waals surface area contributed by atoms with Crippen LogP contribution in [-0.2, 0) is 6.54 Å². The van der Waals surface area contributed by atoms with Crippen LogP contribution in [0, 0.1) is 0 Å². The number of halogens is 1. The molecule has 6 heteroatoms. The Labute approximate surface area is 118 Å². The van der Waals surface area contributed by atoms with Gasteiger partial charge in [0.1, 0.15) is 0 Å². The zero-order chi connectivity index (χ0) is 13.8. The maximum absolute atomic E-state index is 11.9. The fraction of sp³-hybridized carbons (Fsp3) is 0.0769. The van der Waals surface area contributed by atoms with Crippen molar-refractivity contribution in [2.45, 2.75) is 6.54 Å². The molecular weight excluding hydrogens is 286 g/mol. The van der Waals surface area contributed by atoms with E-state index in [0.29, 0.717) is 10.9 Å². The van der Waals surface area contributed by atoms with Gasteiger partial charge in [0.05, 0.1) is 22.0 Å². The molecule has 0 saturated carbocycles. The van der Waals surface area contributed by atoms with Crippen LogP contribution in [0.4, 0.5) is 0 Å². The Hall–Kier alpha value is -1.85. The van der Waals surface area contributed by atoms with E-state index in [0.717, 1.165) is 4.88 Å². The molecular formula is C13H10ClNO3S. The van der Waals surface area contributed by atoms with Gasteiger partial charge in [-0.3, -0.25) is 4.79 Å². The molecule has 0 aliphatic carbocycles. The lowest BCUT2D eigenvalue weighted by Crippen LogP contribution is -2.24. The molecule has 0 bridgehead atoms. The van der Waals surface area contributed by atoms with Crippen molar-refractivity contribution < 1.29 is 14.7 Å². The number of thiophene rings is 1. The SMILES string of the molecule is O=C(O)c1ccccc1C(=O)NCc1ccc(Cl)s1. The summed E-state index contributed by atoms with van der Waals surface area (Å²) in [6, 6.07) is 9.66. The summed E-state index contributed by atoms with van der Waals surface area (Å²) in [4.78, 5) is 23.9. The highest BCUT2D eigenvalue weighted by Gasteiger charge is 2.15. The number of aromatic carboxylic acids is 1. The maximum atomic E-state index is 11.9. The van der Waals surface area contributed by atoms with Crippen LogP contribution in [0.1, 0.15) is 25.6 Å². The van der Waals surface area contributed by atoms with E-state index >= 15 is 0 Å². The predicted octanol–water partition coefficient (Wildman–Crippen LogP) is 3.03. The zero-order valence-electron chi connectivity index (χ0n) is 9.72. The third-order valence-electron chi connectivity index (χ3n) is 2.45. The Morgan fingerprint density at radius 3 is 2.42 bits per heavy atom. The fourth-order valence-corrected chi connectivity index (χ4v) is 2.60. The number of nitrogens with one attached hydrogen (secondary N) is 1. The average molecular weight is 296 g/mol. The molecule has 98 valence electrons. The molecule has 0 atom stereocenters. The molecule has 1 aromatic carbocycles. The van der Waals surface area contributed by atoms with Gasteiger partial charge >= 0.3 is 5.97 Å². The minimum atomic E-state index is -1.12. The van der Waals surface area contributed by atoms with Crippen molar-refractivity contribution in [3.63, 3.8) is 0 Å². The van der Waals surface area contributed by atoms with Crippen molar-refractivity contribution in [1.82, 2.24) is 5.32 Å². The number of amides is 1. The largest absolute Gasteiger partial charge is 0.478 e. The van der Waals surface area contributed by atoms with Gasteiger partial charge in [-0.25, -0.2) is 4.79 Å². The van der Waals surface area contributed by atoms with E-state index in [1.165, 1.54) is 23.5 Å². The van der Waals surface area contributed by atoms with Gasteiger partial charge in [0, 0.05) is 4.88 Å². The molecule has 1 heterocycles. The van der Waals surface area contributed by atoms with E-state index in [9.17, 15) is 9.59 Å². The second-order valence-electron chi connectivity index (χ2n) is 3.74. The van der Waals surface area contributed by atoms with Gasteiger partial charge in [0.15, 0.2) is 0 Å². The van der Waals surface area contributed by atoms with Crippen LogP contribution in [-0.4, -0.2) is 17.0 Å². The van der Waals surface area contributed by atoms with E-state index < -0.39 is 11.9 Å². The molecule has 2 rings (SSSR count). The minimum Gasteiger partial charge on any atom is -0.478 e. The number of carboxylic acid groups (broad SMARTS) is 1. The minimum absolute atomic E-state index is 0.00999. The fourth-order valence-electron chi connectivity index (χ4n) is 1.58. The molecule has 2 N–H and O–H groups in total. The number of rotatable bonds is 4. The quantitative estimate of drug-likeness (QED) is 0.911. The highest BCUT2D eigenvalue weighted by molar-refractivity contribution is 7.16. The Morgan fingerprint density at radius 2 is 1.84 bits per heavy atom. The van der Waals surface area contributed by atoms with Gasteiger partial charge in [-0.05, 0) is 24.3 Å². The highest BCUT2D eigenvalue weighted by atomic mass is 35.5. The number of benzene rings is 1. The van der Waals surface area contributed by atoms with Gasteiger partial charge in [-0.15, -0.1) is 11.3 Å². The van der Waals surface area contributed by atoms with Crippen LogP contribution in [0.25, 0.3) is 0 Å². The molecule has 1 aromatic heterocycles. The number of hydrogen-bond acceptors (Lipinski definition) is 3. The number of carbonyl (C=O) groups is 2. The smallest absolute Gasteiger partial charge is 0.336 e. The topological polar surface area (TPSA) is 66.4 Å². The van der Waals surface area contributed by atoms with Crippen LogP contribution >= 0.6 is 22.9 Å². The Balaban J connectivity index is 2.10. The first-order valence-corrected chi connectivity index (χ1v) is 6.62. The zero-order valence-corrected chi connectivity index (χ0v) is 11.3. The van der Waals surface area contributed by atoms with Crippen molar-refractivity contribution in [1.29, 1.82) is 0 Å². The van der Waals surface area contributed by atoms with Crippen LogP contribution in [0.15, 0.2) is 36.4 Å². The number of hydrogen-bond donors (Lipinski definition) is 2. The first kappa shape index (κ1) is 13.6. The summed E-state index contributed by atoms with van der Waals surface area (Å²) in [7, 11) is 0. The van der Waals surface area contributed by atoms with Crippen LogP contribution < -0.4 is 5.32 Å². The van der Waals surface area contributed by atoms with Crippen molar-refractivity contribution in [3.05, 3.63) is 56.7 Å². The normalized spacial score (nSPS) is 10.2. The van der Waals surface area contributed by atoms with Gasteiger partial charge in [-0.2, -0.15) is 0 Å². The van der Waals surface area contributed by atoms with Crippen molar-refractivity contribution >= 4 is 34.8 Å². The number of carbonyl (C=O) groups excluding carboxylic acids is 1. The average Bonchev–Trinajstić information content (AvgIpc) is 2.81. The van der Waals surface area contributed by atoms with E-state index in [1.807, 2.05) is 6.07 Å². The summed E-state index contributed by atoms with van der Waals surface area (Å²) in [5.74, 6) is -1.53. The van der Waals surface area contributed by atoms with Crippen molar-refractivity contribution in [2.75, 3.05) is 0 Å². The standard InChI is InChI=1S/C13H10ClNO3S/c14-11-6-5-8(19-11)7-15-12(16)9-3-1-2-4-10(9)13(17)18/h1-6H,7H2,(H,15,16)(H,17,18). The van der Waals surface area contributed by atoms with Gasteiger partial charge in [0.2, 0.25) is 0 Å². The lowest BCUT2D eigenvalue weighted by molar-refractivity contribution is 0.0691. The summed E-state index contributed by atoms with van der Waals surface area (Å²) >= 11 is 7.16. The Bertz CT molecular complexity index is 624. The lowest BCUT2D eigenvalue weighted by atomic mass is 10.1. The molecule has 0 aliphatic heterocycles. The van der Waals surface area contributed by atoms with Crippen LogP contribution in [0.2, 0.25) is 4.34 Å². The Kier molecular flexibility index (Phi) is 4.19. The van der Waals surface area contributed by atoms with Crippen LogP contribution in [0.3, 0.4) is 0 Å². The lowest BCUT2D eigenvalue weighted by Gasteiger charge is -2.06. The molecule has 0 unspecified atom stereocenters. The molecule has 1 amide bonds. The molecule has 0 saturated heterocycles. The second-order valence-corrected chi connectivity index (χ2v) is 5.54. The van der Waals surface area contributed by atoms with Crippen molar-refractivity contribution in [2.24, 2.45) is 0 Å². The molecule has 4 nitrogen and oxygen atoms in total. The first-order chi connectivity index (χ1) is 9.08. The summed E-state index contributed by atoms with van der Waals surface area (Å²) in [5.41, 5.74) is 0.141. The summed E-state index contributed by atoms with van der Waals surface area (Å²) in [6.45, 7) is 0.324. The molecule has 0 spiro atoms. The summed E-state index contributed by atoms with van der Waals surface area (Å²) in [5, 5.41) is 11.7. The third kappa shape index (κ3) is 3.33. The monoisotopic (exact) mass is 295 g/mol. The molecule has 2 aromatic rings. The maximum Gasteiger partial charge on any atom is 0.336 e. The van der Waals surface area contributed by atoms with Gasteiger partial charge < -0.3 is 10.4 Å². The molecule has 0 fully saturated rings. The van der Waals surface area contributed by atoms with Crippen molar-refractivity contribution in [3.8, 4) is 0 Å². The van der Waals surface area contributed by atoms with Crippen LogP contribution in [0.5, 0.6) is 0 Å². The van der Waals surface area contributed by atoms with E-state index in [-0.39, 0.29) is 11.1 Å². The summed E-state index contributed by atoms with van der Waals surface area (Å²) < 4.78 is 0.648. The first-order valence-electron chi connectivity index (χ1n) is 5.42. The number of carboxylic acids is 1. The predicted molar refractivity (Wildman–Crippen MR) is 73.9 cm³/mol. The van der Waals surface area contributed by atoms with Gasteiger partial charge in [-0.1, -0.05) is 23.7 Å². The second kappa shape index (κ2) is 5.86. The molecule has 0 radical (unpaired) electrons. The Morgan fingerprint density at radius 1 is 1.16 bits per heavy atom. The highest BCUT2D eigenvalue weighted by Crippen LogP contribution is 2.21. The summed E-state index contributed by atoms with van der Waals surface area (Å²) in [6.07, 6.45) is 0. The van der Waals surface area contributed by atoms with Gasteiger partial charge in [0.25, 0.3) is 5.91 Å². The third-order valence-corrected chi connectivity index (χ3v) is 3.69.